The number of pyridine rings is 1. The Morgan fingerprint density at radius 2 is 2.05 bits per heavy atom. The Balaban J connectivity index is 2.06. The first-order valence-electron chi connectivity index (χ1n) is 6.24. The third-order valence-electron chi connectivity index (χ3n) is 3.04. The SMILES string of the molecule is Cc1c(N)cccc1S(=O)(=O)NCCc1cccnc1. The Bertz CT molecular complexity index is 685. The van der Waals surface area contributed by atoms with Crippen molar-refractivity contribution in [3.63, 3.8) is 0 Å². The van der Waals surface area contributed by atoms with E-state index in [2.05, 4.69) is 9.71 Å². The molecule has 0 spiro atoms. The van der Waals surface area contributed by atoms with E-state index in [0.29, 0.717) is 24.2 Å². The molecule has 20 heavy (non-hydrogen) atoms. The summed E-state index contributed by atoms with van der Waals surface area (Å²) >= 11 is 0. The summed E-state index contributed by atoms with van der Waals surface area (Å²) in [5.74, 6) is 0. The van der Waals surface area contributed by atoms with E-state index in [0.717, 1.165) is 5.56 Å². The van der Waals surface area contributed by atoms with E-state index in [9.17, 15) is 8.42 Å². The normalized spacial score (nSPS) is 11.4. The molecular formula is C14H17N3O2S. The van der Waals surface area contributed by atoms with Crippen LogP contribution in [0.1, 0.15) is 11.1 Å². The third-order valence-corrected chi connectivity index (χ3v) is 4.65. The summed E-state index contributed by atoms with van der Waals surface area (Å²) in [7, 11) is -3.53. The van der Waals surface area contributed by atoms with Crippen molar-refractivity contribution in [3.8, 4) is 0 Å². The van der Waals surface area contributed by atoms with Crippen molar-refractivity contribution in [1.82, 2.24) is 9.71 Å². The lowest BCUT2D eigenvalue weighted by atomic mass is 10.2. The Kier molecular flexibility index (Phi) is 4.36. The highest BCUT2D eigenvalue weighted by Gasteiger charge is 2.17. The number of nitrogens with zero attached hydrogens (tertiary/aromatic N) is 1. The van der Waals surface area contributed by atoms with Gasteiger partial charge in [0, 0.05) is 24.6 Å². The van der Waals surface area contributed by atoms with Crippen LogP contribution in [0.4, 0.5) is 5.69 Å². The van der Waals surface area contributed by atoms with E-state index in [1.165, 1.54) is 0 Å². The number of rotatable bonds is 5. The van der Waals surface area contributed by atoms with Gasteiger partial charge in [-0.2, -0.15) is 0 Å². The van der Waals surface area contributed by atoms with Gasteiger partial charge in [0.05, 0.1) is 4.90 Å². The van der Waals surface area contributed by atoms with E-state index in [1.54, 1.807) is 37.5 Å². The third kappa shape index (κ3) is 3.34. The molecule has 0 atom stereocenters. The van der Waals surface area contributed by atoms with Crippen LogP contribution in [-0.2, 0) is 16.4 Å². The van der Waals surface area contributed by atoms with Crippen LogP contribution in [0.25, 0.3) is 0 Å². The van der Waals surface area contributed by atoms with Crippen molar-refractivity contribution in [3.05, 3.63) is 53.9 Å². The molecule has 0 saturated heterocycles. The number of hydrogen-bond acceptors (Lipinski definition) is 4. The highest BCUT2D eigenvalue weighted by atomic mass is 32.2. The second-order valence-electron chi connectivity index (χ2n) is 4.48. The van der Waals surface area contributed by atoms with E-state index >= 15 is 0 Å². The average molecular weight is 291 g/mol. The van der Waals surface area contributed by atoms with Gasteiger partial charge in [0.15, 0.2) is 0 Å². The van der Waals surface area contributed by atoms with E-state index in [4.69, 9.17) is 5.73 Å². The lowest BCUT2D eigenvalue weighted by Crippen LogP contribution is -2.26. The maximum Gasteiger partial charge on any atom is 0.240 e. The number of nitrogens with two attached hydrogens (primary N) is 1. The number of anilines is 1. The molecule has 1 heterocycles. The Hall–Kier alpha value is -1.92. The number of aromatic nitrogens is 1. The number of sulfonamides is 1. The minimum atomic E-state index is -3.53. The molecule has 0 saturated carbocycles. The maximum absolute atomic E-state index is 12.2. The summed E-state index contributed by atoms with van der Waals surface area (Å²) in [6.07, 6.45) is 4.00. The molecule has 2 rings (SSSR count). The fourth-order valence-electron chi connectivity index (χ4n) is 1.88. The van der Waals surface area contributed by atoms with E-state index in [1.807, 2.05) is 12.1 Å². The fourth-order valence-corrected chi connectivity index (χ4v) is 3.18. The standard InChI is InChI=1S/C14H17N3O2S/c1-11-13(15)5-2-6-14(11)20(18,19)17-9-7-12-4-3-8-16-10-12/h2-6,8,10,17H,7,9,15H2,1H3. The number of hydrogen-bond donors (Lipinski definition) is 2. The van der Waals surface area contributed by atoms with Gasteiger partial charge in [0.2, 0.25) is 10.0 Å². The van der Waals surface area contributed by atoms with Crippen LogP contribution in [0.5, 0.6) is 0 Å². The average Bonchev–Trinajstić information content (AvgIpc) is 2.42. The van der Waals surface area contributed by atoms with Gasteiger partial charge in [0.1, 0.15) is 0 Å². The summed E-state index contributed by atoms with van der Waals surface area (Å²) in [5, 5.41) is 0. The van der Waals surface area contributed by atoms with Gasteiger partial charge in [-0.3, -0.25) is 4.98 Å². The summed E-state index contributed by atoms with van der Waals surface area (Å²) < 4.78 is 27.0. The molecule has 0 fully saturated rings. The molecule has 5 nitrogen and oxygen atoms in total. The Morgan fingerprint density at radius 3 is 2.75 bits per heavy atom. The second kappa shape index (κ2) is 6.02. The molecule has 106 valence electrons. The summed E-state index contributed by atoms with van der Waals surface area (Å²) in [5.41, 5.74) is 7.77. The zero-order valence-corrected chi connectivity index (χ0v) is 12.0. The molecule has 2 aromatic rings. The van der Waals surface area contributed by atoms with Crippen LogP contribution >= 0.6 is 0 Å². The van der Waals surface area contributed by atoms with Gasteiger partial charge >= 0.3 is 0 Å². The van der Waals surface area contributed by atoms with Gasteiger partial charge < -0.3 is 5.73 Å². The maximum atomic E-state index is 12.2. The zero-order valence-electron chi connectivity index (χ0n) is 11.2. The fraction of sp³-hybridized carbons (Fsp3) is 0.214. The zero-order chi connectivity index (χ0) is 14.6. The second-order valence-corrected chi connectivity index (χ2v) is 6.21. The lowest BCUT2D eigenvalue weighted by Gasteiger charge is -2.10. The van der Waals surface area contributed by atoms with Crippen LogP contribution in [-0.4, -0.2) is 19.9 Å². The minimum absolute atomic E-state index is 0.226. The van der Waals surface area contributed by atoms with Gasteiger partial charge in [-0.05, 0) is 42.7 Å². The largest absolute Gasteiger partial charge is 0.398 e. The molecule has 6 heteroatoms. The molecule has 0 aliphatic carbocycles. The topological polar surface area (TPSA) is 85.1 Å². The summed E-state index contributed by atoms with van der Waals surface area (Å²) in [4.78, 5) is 4.22. The molecular weight excluding hydrogens is 274 g/mol. The van der Waals surface area contributed by atoms with Gasteiger partial charge in [-0.15, -0.1) is 0 Å². The predicted molar refractivity (Wildman–Crippen MR) is 78.7 cm³/mol. The van der Waals surface area contributed by atoms with E-state index in [-0.39, 0.29) is 4.90 Å². The predicted octanol–water partition coefficient (Wildman–Crippen LogP) is 1.49. The molecule has 0 bridgehead atoms. The first-order chi connectivity index (χ1) is 9.50. The highest BCUT2D eigenvalue weighted by Crippen LogP contribution is 2.20. The molecule has 3 N–H and O–H groups in total. The van der Waals surface area contributed by atoms with Crippen molar-refractivity contribution in [2.75, 3.05) is 12.3 Å². The molecule has 1 aromatic carbocycles. The molecule has 0 aliphatic heterocycles. The van der Waals surface area contributed by atoms with Crippen molar-refractivity contribution in [2.24, 2.45) is 0 Å². The van der Waals surface area contributed by atoms with Crippen LogP contribution in [0.15, 0.2) is 47.6 Å². The minimum Gasteiger partial charge on any atom is -0.398 e. The first kappa shape index (κ1) is 14.5. The monoisotopic (exact) mass is 291 g/mol. The van der Waals surface area contributed by atoms with E-state index < -0.39 is 10.0 Å². The van der Waals surface area contributed by atoms with Crippen LogP contribution < -0.4 is 10.5 Å². The summed E-state index contributed by atoms with van der Waals surface area (Å²) in [6.45, 7) is 2.02. The first-order valence-corrected chi connectivity index (χ1v) is 7.72. The van der Waals surface area contributed by atoms with Crippen molar-refractivity contribution in [2.45, 2.75) is 18.2 Å². The molecule has 0 unspecified atom stereocenters. The van der Waals surface area contributed by atoms with Gasteiger partial charge in [-0.1, -0.05) is 12.1 Å². The molecule has 1 aromatic heterocycles. The van der Waals surface area contributed by atoms with Crippen molar-refractivity contribution < 1.29 is 8.42 Å². The van der Waals surface area contributed by atoms with Crippen molar-refractivity contribution in [1.29, 1.82) is 0 Å². The Morgan fingerprint density at radius 1 is 1.25 bits per heavy atom. The number of nitrogen functional groups attached to an aromatic ring is 1. The summed E-state index contributed by atoms with van der Waals surface area (Å²) in [6, 6.07) is 8.61. The van der Waals surface area contributed by atoms with Gasteiger partial charge in [-0.25, -0.2) is 13.1 Å². The van der Waals surface area contributed by atoms with Crippen molar-refractivity contribution >= 4 is 15.7 Å². The molecule has 0 radical (unpaired) electrons. The Labute approximate surface area is 118 Å². The van der Waals surface area contributed by atoms with Crippen LogP contribution in [0, 0.1) is 6.92 Å². The highest BCUT2D eigenvalue weighted by molar-refractivity contribution is 7.89. The lowest BCUT2D eigenvalue weighted by molar-refractivity contribution is 0.581. The van der Waals surface area contributed by atoms with Crippen LogP contribution in [0.2, 0.25) is 0 Å². The van der Waals surface area contributed by atoms with Gasteiger partial charge in [0.25, 0.3) is 0 Å². The number of nitrogens with one attached hydrogen (secondary N) is 1. The molecule has 0 amide bonds. The van der Waals surface area contributed by atoms with Crippen LogP contribution in [0.3, 0.4) is 0 Å². The number of benzene rings is 1. The quantitative estimate of drug-likeness (QED) is 0.817. The smallest absolute Gasteiger partial charge is 0.240 e. The molecule has 0 aliphatic rings.